The predicted octanol–water partition coefficient (Wildman–Crippen LogP) is 4.66. The molecule has 0 fully saturated rings. The van der Waals surface area contributed by atoms with Gasteiger partial charge in [0.1, 0.15) is 0 Å². The number of benzene rings is 3. The smallest absolute Gasteiger partial charge is 0.252 e. The van der Waals surface area contributed by atoms with Crippen molar-refractivity contribution in [3.05, 3.63) is 65.0 Å². The Morgan fingerprint density at radius 2 is 1.90 bits per heavy atom. The van der Waals surface area contributed by atoms with Crippen molar-refractivity contribution in [2.24, 2.45) is 4.99 Å². The number of fused-ring (bicyclic) bond motifs is 3. The highest BCUT2D eigenvalue weighted by Gasteiger charge is 2.18. The number of ether oxygens (including phenoxy) is 2. The number of hydrogen-bond acceptors (Lipinski definition) is 4. The number of thiazole rings is 1. The molecule has 0 aliphatic carbocycles. The van der Waals surface area contributed by atoms with Crippen LogP contribution in [0.2, 0.25) is 0 Å². The number of amides is 1. The SMILES string of the molecule is CCCn1c(=NC(=O)Cc2cccc3ccccc23)sc2cc3c(cc21)OCO3. The second kappa shape index (κ2) is 7.37. The Morgan fingerprint density at radius 1 is 1.10 bits per heavy atom. The molecule has 0 saturated carbocycles. The average Bonchev–Trinajstić information content (AvgIpc) is 3.31. The van der Waals surface area contributed by atoms with E-state index in [4.69, 9.17) is 9.47 Å². The van der Waals surface area contributed by atoms with Crippen molar-refractivity contribution >= 4 is 38.2 Å². The monoisotopic (exact) mass is 404 g/mol. The minimum Gasteiger partial charge on any atom is -0.454 e. The van der Waals surface area contributed by atoms with Crippen molar-refractivity contribution in [3.8, 4) is 11.5 Å². The van der Waals surface area contributed by atoms with E-state index in [1.807, 2.05) is 36.4 Å². The van der Waals surface area contributed by atoms with Crippen LogP contribution in [0.1, 0.15) is 18.9 Å². The molecule has 146 valence electrons. The van der Waals surface area contributed by atoms with Gasteiger partial charge in [0.15, 0.2) is 16.3 Å². The predicted molar refractivity (Wildman–Crippen MR) is 114 cm³/mol. The lowest BCUT2D eigenvalue weighted by atomic mass is 10.0. The van der Waals surface area contributed by atoms with Crippen molar-refractivity contribution in [2.45, 2.75) is 26.3 Å². The lowest BCUT2D eigenvalue weighted by Gasteiger charge is -2.05. The second-order valence-electron chi connectivity index (χ2n) is 7.03. The molecule has 5 rings (SSSR count). The van der Waals surface area contributed by atoms with Crippen LogP contribution in [0.25, 0.3) is 21.0 Å². The fourth-order valence-electron chi connectivity index (χ4n) is 3.74. The average molecular weight is 404 g/mol. The molecule has 0 radical (unpaired) electrons. The zero-order valence-electron chi connectivity index (χ0n) is 16.1. The van der Waals surface area contributed by atoms with Crippen LogP contribution in [0.4, 0.5) is 0 Å². The maximum absolute atomic E-state index is 12.8. The molecule has 1 aliphatic rings. The van der Waals surface area contributed by atoms with E-state index in [-0.39, 0.29) is 19.1 Å². The van der Waals surface area contributed by atoms with Gasteiger partial charge >= 0.3 is 0 Å². The summed E-state index contributed by atoms with van der Waals surface area (Å²) in [6, 6.07) is 18.1. The van der Waals surface area contributed by atoms with E-state index >= 15 is 0 Å². The Balaban J connectivity index is 1.55. The number of nitrogens with zero attached hydrogens (tertiary/aromatic N) is 2. The topological polar surface area (TPSA) is 52.8 Å². The van der Waals surface area contributed by atoms with Crippen LogP contribution in [0.3, 0.4) is 0 Å². The molecular weight excluding hydrogens is 384 g/mol. The summed E-state index contributed by atoms with van der Waals surface area (Å²) in [4.78, 5) is 18.0. The highest BCUT2D eigenvalue weighted by molar-refractivity contribution is 7.16. The van der Waals surface area contributed by atoms with E-state index in [1.165, 1.54) is 11.3 Å². The first-order valence-corrected chi connectivity index (χ1v) is 10.5. The summed E-state index contributed by atoms with van der Waals surface area (Å²) in [6.45, 7) is 3.16. The Labute approximate surface area is 171 Å². The molecule has 1 amide bonds. The summed E-state index contributed by atoms with van der Waals surface area (Å²) in [6.07, 6.45) is 1.23. The van der Waals surface area contributed by atoms with E-state index in [0.717, 1.165) is 55.8 Å². The number of hydrogen-bond donors (Lipinski definition) is 0. The molecule has 29 heavy (non-hydrogen) atoms. The van der Waals surface area contributed by atoms with Gasteiger partial charge in [-0.25, -0.2) is 0 Å². The van der Waals surface area contributed by atoms with E-state index in [0.29, 0.717) is 0 Å². The third-order valence-electron chi connectivity index (χ3n) is 5.07. The third kappa shape index (κ3) is 3.29. The molecule has 6 heteroatoms. The normalized spacial score (nSPS) is 13.5. The summed E-state index contributed by atoms with van der Waals surface area (Å²) in [5.41, 5.74) is 2.03. The van der Waals surface area contributed by atoms with Gasteiger partial charge < -0.3 is 14.0 Å². The molecule has 0 bridgehead atoms. The van der Waals surface area contributed by atoms with Crippen LogP contribution in [-0.4, -0.2) is 17.3 Å². The van der Waals surface area contributed by atoms with Gasteiger partial charge in [-0.15, -0.1) is 0 Å². The van der Waals surface area contributed by atoms with E-state index < -0.39 is 0 Å². The van der Waals surface area contributed by atoms with E-state index in [2.05, 4.69) is 34.7 Å². The van der Waals surface area contributed by atoms with Crippen LogP contribution in [0.5, 0.6) is 11.5 Å². The lowest BCUT2D eigenvalue weighted by Crippen LogP contribution is -2.17. The number of aromatic nitrogens is 1. The fourth-order valence-corrected chi connectivity index (χ4v) is 4.82. The number of carbonyl (C=O) groups is 1. The van der Waals surface area contributed by atoms with Gasteiger partial charge in [0.25, 0.3) is 5.91 Å². The molecule has 5 nitrogen and oxygen atoms in total. The van der Waals surface area contributed by atoms with Gasteiger partial charge in [0.2, 0.25) is 6.79 Å². The van der Waals surface area contributed by atoms with Crippen molar-refractivity contribution in [2.75, 3.05) is 6.79 Å². The maximum Gasteiger partial charge on any atom is 0.252 e. The molecule has 0 saturated heterocycles. The summed E-state index contributed by atoms with van der Waals surface area (Å²) >= 11 is 1.51. The van der Waals surface area contributed by atoms with Crippen LogP contribution in [-0.2, 0) is 17.8 Å². The van der Waals surface area contributed by atoms with Crippen molar-refractivity contribution in [3.63, 3.8) is 0 Å². The molecule has 4 aromatic rings. The first kappa shape index (κ1) is 17.9. The van der Waals surface area contributed by atoms with Crippen LogP contribution < -0.4 is 14.3 Å². The molecule has 0 atom stereocenters. The molecular formula is C23H20N2O3S. The zero-order chi connectivity index (χ0) is 19.8. The van der Waals surface area contributed by atoms with Crippen molar-refractivity contribution < 1.29 is 14.3 Å². The Hall–Kier alpha value is -3.12. The highest BCUT2D eigenvalue weighted by atomic mass is 32.1. The van der Waals surface area contributed by atoms with Gasteiger partial charge in [-0.2, -0.15) is 4.99 Å². The largest absolute Gasteiger partial charge is 0.454 e. The molecule has 0 spiro atoms. The van der Waals surface area contributed by atoms with E-state index in [1.54, 1.807) is 0 Å². The molecule has 3 aromatic carbocycles. The summed E-state index contributed by atoms with van der Waals surface area (Å²) < 4.78 is 14.2. The molecule has 1 aromatic heterocycles. The minimum absolute atomic E-state index is 0.141. The summed E-state index contributed by atoms with van der Waals surface area (Å²) in [5, 5.41) is 2.23. The fraction of sp³-hybridized carbons (Fsp3) is 0.217. The number of rotatable bonds is 4. The first-order chi connectivity index (χ1) is 14.2. The van der Waals surface area contributed by atoms with Crippen LogP contribution in [0.15, 0.2) is 59.6 Å². The van der Waals surface area contributed by atoms with Gasteiger partial charge in [-0.05, 0) is 22.8 Å². The van der Waals surface area contributed by atoms with Gasteiger partial charge in [-0.1, -0.05) is 60.7 Å². The Morgan fingerprint density at radius 3 is 2.76 bits per heavy atom. The summed E-state index contributed by atoms with van der Waals surface area (Å²) in [5.74, 6) is 1.35. The molecule has 1 aliphatic heterocycles. The quantitative estimate of drug-likeness (QED) is 0.497. The Bertz CT molecular complexity index is 1300. The lowest BCUT2D eigenvalue weighted by molar-refractivity contribution is -0.117. The van der Waals surface area contributed by atoms with Crippen LogP contribution >= 0.6 is 11.3 Å². The summed E-state index contributed by atoms with van der Waals surface area (Å²) in [7, 11) is 0. The Kier molecular flexibility index (Phi) is 4.56. The standard InChI is InChI=1S/C23H20N2O3S/c1-2-10-25-18-12-19-20(28-14-27-19)13-21(18)29-23(25)24-22(26)11-16-8-5-7-15-6-3-4-9-17(15)16/h3-9,12-13H,2,10-11,14H2,1H3. The maximum atomic E-state index is 12.8. The van der Waals surface area contributed by atoms with Crippen molar-refractivity contribution in [1.82, 2.24) is 4.57 Å². The second-order valence-corrected chi connectivity index (χ2v) is 8.04. The van der Waals surface area contributed by atoms with Crippen LogP contribution in [0, 0.1) is 0 Å². The van der Waals surface area contributed by atoms with Crippen molar-refractivity contribution in [1.29, 1.82) is 0 Å². The van der Waals surface area contributed by atoms with Gasteiger partial charge in [0, 0.05) is 18.7 Å². The molecule has 2 heterocycles. The van der Waals surface area contributed by atoms with Gasteiger partial charge in [-0.3, -0.25) is 4.79 Å². The number of carbonyl (C=O) groups excluding carboxylic acids is 1. The number of aryl methyl sites for hydroxylation is 1. The molecule has 0 N–H and O–H groups in total. The third-order valence-corrected chi connectivity index (χ3v) is 6.11. The van der Waals surface area contributed by atoms with E-state index in [9.17, 15) is 4.79 Å². The first-order valence-electron chi connectivity index (χ1n) is 9.70. The van der Waals surface area contributed by atoms with Gasteiger partial charge in [0.05, 0.1) is 16.6 Å². The molecule has 0 unspecified atom stereocenters. The zero-order valence-corrected chi connectivity index (χ0v) is 16.9. The highest BCUT2D eigenvalue weighted by Crippen LogP contribution is 2.37. The minimum atomic E-state index is -0.141.